The van der Waals surface area contributed by atoms with E-state index in [9.17, 15) is 0 Å². The van der Waals surface area contributed by atoms with Crippen LogP contribution in [-0.2, 0) is 5.41 Å². The van der Waals surface area contributed by atoms with Gasteiger partial charge in [-0.05, 0) is 50.5 Å². The van der Waals surface area contributed by atoms with Gasteiger partial charge in [0, 0.05) is 5.54 Å². The van der Waals surface area contributed by atoms with Crippen LogP contribution in [0.3, 0.4) is 0 Å². The average Bonchev–Trinajstić information content (AvgIpc) is 2.96. The first-order valence-corrected chi connectivity index (χ1v) is 5.86. The van der Waals surface area contributed by atoms with E-state index in [0.29, 0.717) is 5.41 Å². The van der Waals surface area contributed by atoms with Gasteiger partial charge in [0.1, 0.15) is 0 Å². The summed E-state index contributed by atoms with van der Waals surface area (Å²) in [5, 5.41) is 0. The zero-order valence-electron chi connectivity index (χ0n) is 9.79. The Hall–Kier alpha value is -0.820. The van der Waals surface area contributed by atoms with Crippen molar-refractivity contribution < 1.29 is 0 Å². The van der Waals surface area contributed by atoms with Crippen molar-refractivity contribution in [2.45, 2.75) is 50.5 Å². The molecule has 1 aliphatic rings. The summed E-state index contributed by atoms with van der Waals surface area (Å²) in [6.45, 7) is 4.24. The predicted octanol–water partition coefficient (Wildman–Crippen LogP) is 3.24. The summed E-state index contributed by atoms with van der Waals surface area (Å²) in [5.41, 5.74) is 8.00. The van der Waals surface area contributed by atoms with Crippen LogP contribution in [0.15, 0.2) is 30.3 Å². The molecule has 1 heteroatoms. The molecule has 0 aliphatic heterocycles. The molecule has 2 N–H and O–H groups in total. The number of hydrogen-bond donors (Lipinski definition) is 1. The van der Waals surface area contributed by atoms with E-state index in [2.05, 4.69) is 44.2 Å². The van der Waals surface area contributed by atoms with Crippen LogP contribution in [0.2, 0.25) is 0 Å². The number of nitrogens with two attached hydrogens (primary N) is 1. The Morgan fingerprint density at radius 2 is 1.80 bits per heavy atom. The fraction of sp³-hybridized carbons (Fsp3) is 0.571. The second kappa shape index (κ2) is 3.64. The van der Waals surface area contributed by atoms with Crippen LogP contribution in [-0.4, -0.2) is 5.54 Å². The molecule has 0 unspecified atom stereocenters. The number of benzene rings is 1. The second-order valence-electron chi connectivity index (χ2n) is 5.63. The molecule has 1 aromatic rings. The molecule has 0 bridgehead atoms. The molecule has 1 fully saturated rings. The lowest BCUT2D eigenvalue weighted by molar-refractivity contribution is 0.422. The molecule has 0 aromatic heterocycles. The molecule has 0 saturated heterocycles. The molecular formula is C14H21N. The quantitative estimate of drug-likeness (QED) is 0.798. The predicted molar refractivity (Wildman–Crippen MR) is 64.9 cm³/mol. The van der Waals surface area contributed by atoms with Crippen LogP contribution in [0.25, 0.3) is 0 Å². The van der Waals surface area contributed by atoms with Gasteiger partial charge in [-0.3, -0.25) is 0 Å². The summed E-state index contributed by atoms with van der Waals surface area (Å²) < 4.78 is 0. The standard InChI is InChI=1S/C14H21N/c1-13(2,15)8-9-14(10-11-14)12-6-4-3-5-7-12/h3-7H,8-11,15H2,1-2H3. The monoisotopic (exact) mass is 203 g/mol. The minimum atomic E-state index is -0.0234. The Labute approximate surface area is 92.7 Å². The average molecular weight is 203 g/mol. The highest BCUT2D eigenvalue weighted by molar-refractivity contribution is 5.30. The first kappa shape index (κ1) is 10.7. The highest BCUT2D eigenvalue weighted by Gasteiger charge is 2.43. The molecule has 15 heavy (non-hydrogen) atoms. The van der Waals surface area contributed by atoms with Gasteiger partial charge in [0.05, 0.1) is 0 Å². The third-order valence-corrected chi connectivity index (χ3v) is 3.49. The van der Waals surface area contributed by atoms with E-state index in [1.165, 1.54) is 24.8 Å². The second-order valence-corrected chi connectivity index (χ2v) is 5.63. The zero-order valence-corrected chi connectivity index (χ0v) is 9.79. The van der Waals surface area contributed by atoms with E-state index in [-0.39, 0.29) is 5.54 Å². The summed E-state index contributed by atoms with van der Waals surface area (Å²) in [7, 11) is 0. The largest absolute Gasteiger partial charge is 0.326 e. The van der Waals surface area contributed by atoms with Crippen LogP contribution in [0, 0.1) is 0 Å². The number of hydrogen-bond acceptors (Lipinski definition) is 1. The summed E-state index contributed by atoms with van der Waals surface area (Å²) >= 11 is 0. The van der Waals surface area contributed by atoms with Gasteiger partial charge < -0.3 is 5.73 Å². The van der Waals surface area contributed by atoms with Gasteiger partial charge in [-0.1, -0.05) is 30.3 Å². The molecule has 1 aromatic carbocycles. The van der Waals surface area contributed by atoms with E-state index < -0.39 is 0 Å². The van der Waals surface area contributed by atoms with Crippen molar-refractivity contribution in [2.24, 2.45) is 5.73 Å². The molecule has 82 valence electrons. The summed E-state index contributed by atoms with van der Waals surface area (Å²) in [4.78, 5) is 0. The van der Waals surface area contributed by atoms with Gasteiger partial charge in [-0.2, -0.15) is 0 Å². The lowest BCUT2D eigenvalue weighted by atomic mass is 9.86. The summed E-state index contributed by atoms with van der Waals surface area (Å²) in [5.74, 6) is 0. The maximum atomic E-state index is 6.05. The fourth-order valence-electron chi connectivity index (χ4n) is 2.19. The van der Waals surface area contributed by atoms with Crippen molar-refractivity contribution in [3.63, 3.8) is 0 Å². The molecule has 1 aliphatic carbocycles. The Morgan fingerprint density at radius 3 is 2.27 bits per heavy atom. The van der Waals surface area contributed by atoms with Gasteiger partial charge in [-0.15, -0.1) is 0 Å². The molecule has 0 amide bonds. The van der Waals surface area contributed by atoms with E-state index in [1.54, 1.807) is 0 Å². The lowest BCUT2D eigenvalue weighted by Crippen LogP contribution is -2.32. The molecule has 1 nitrogen and oxygen atoms in total. The van der Waals surface area contributed by atoms with E-state index in [1.807, 2.05) is 0 Å². The molecule has 2 rings (SSSR count). The van der Waals surface area contributed by atoms with Gasteiger partial charge in [0.15, 0.2) is 0 Å². The van der Waals surface area contributed by atoms with Crippen molar-refractivity contribution >= 4 is 0 Å². The highest BCUT2D eigenvalue weighted by Crippen LogP contribution is 2.52. The molecular weight excluding hydrogens is 182 g/mol. The van der Waals surface area contributed by atoms with E-state index >= 15 is 0 Å². The first-order chi connectivity index (χ1) is 7.02. The van der Waals surface area contributed by atoms with Gasteiger partial charge >= 0.3 is 0 Å². The lowest BCUT2D eigenvalue weighted by Gasteiger charge is -2.23. The summed E-state index contributed by atoms with van der Waals surface area (Å²) in [6.07, 6.45) is 5.03. The molecule has 0 atom stereocenters. The zero-order chi connectivity index (χ0) is 10.9. The Kier molecular flexibility index (Phi) is 2.59. The van der Waals surface area contributed by atoms with Crippen molar-refractivity contribution in [1.82, 2.24) is 0 Å². The molecule has 1 saturated carbocycles. The highest BCUT2D eigenvalue weighted by atomic mass is 14.7. The first-order valence-electron chi connectivity index (χ1n) is 5.86. The van der Waals surface area contributed by atoms with Crippen LogP contribution in [0.5, 0.6) is 0 Å². The van der Waals surface area contributed by atoms with Crippen molar-refractivity contribution in [3.05, 3.63) is 35.9 Å². The normalized spacial score (nSPS) is 18.9. The fourth-order valence-corrected chi connectivity index (χ4v) is 2.19. The van der Waals surface area contributed by atoms with E-state index in [4.69, 9.17) is 5.73 Å². The van der Waals surface area contributed by atoms with Gasteiger partial charge in [0.25, 0.3) is 0 Å². The third kappa shape index (κ3) is 2.60. The SMILES string of the molecule is CC(C)(N)CCC1(c2ccccc2)CC1. The van der Waals surface area contributed by atoms with Crippen LogP contribution >= 0.6 is 0 Å². The van der Waals surface area contributed by atoms with E-state index in [0.717, 1.165) is 6.42 Å². The molecule has 0 heterocycles. The van der Waals surface area contributed by atoms with Crippen LogP contribution < -0.4 is 5.73 Å². The minimum absolute atomic E-state index is 0.0234. The molecule has 0 radical (unpaired) electrons. The van der Waals surface area contributed by atoms with Crippen molar-refractivity contribution in [3.8, 4) is 0 Å². The number of rotatable bonds is 4. The summed E-state index contributed by atoms with van der Waals surface area (Å²) in [6, 6.07) is 10.9. The maximum absolute atomic E-state index is 6.05. The van der Waals surface area contributed by atoms with Gasteiger partial charge in [-0.25, -0.2) is 0 Å². The topological polar surface area (TPSA) is 26.0 Å². The Balaban J connectivity index is 2.03. The molecule has 0 spiro atoms. The maximum Gasteiger partial charge on any atom is 0.00973 e. The van der Waals surface area contributed by atoms with Crippen LogP contribution in [0.1, 0.15) is 45.1 Å². The minimum Gasteiger partial charge on any atom is -0.326 e. The van der Waals surface area contributed by atoms with Gasteiger partial charge in [0.2, 0.25) is 0 Å². The van der Waals surface area contributed by atoms with Crippen molar-refractivity contribution in [2.75, 3.05) is 0 Å². The third-order valence-electron chi connectivity index (χ3n) is 3.49. The Bertz CT molecular complexity index is 317. The van der Waals surface area contributed by atoms with Crippen LogP contribution in [0.4, 0.5) is 0 Å². The van der Waals surface area contributed by atoms with Crippen molar-refractivity contribution in [1.29, 1.82) is 0 Å². The smallest absolute Gasteiger partial charge is 0.00973 e. The Morgan fingerprint density at radius 1 is 1.20 bits per heavy atom.